The lowest BCUT2D eigenvalue weighted by atomic mass is 9.95. The minimum atomic E-state index is -1.18. The molecule has 2 aromatic heterocycles. The summed E-state index contributed by atoms with van der Waals surface area (Å²) >= 11 is 9.41. The molecule has 13 heteroatoms. The van der Waals surface area contributed by atoms with Crippen molar-refractivity contribution in [2.24, 2.45) is 11.8 Å². The second-order valence-electron chi connectivity index (χ2n) is 19.5. The molecule has 9 nitrogen and oxygen atoms in total. The molecule has 4 unspecified atom stereocenters. The molecule has 3 aliphatic rings. The maximum Gasteiger partial charge on any atom is 0.323 e. The highest BCUT2D eigenvalue weighted by Gasteiger charge is 2.42. The van der Waals surface area contributed by atoms with Crippen LogP contribution in [0, 0.1) is 21.0 Å². The third-order valence-electron chi connectivity index (χ3n) is 14.8. The van der Waals surface area contributed by atoms with Crippen LogP contribution < -0.4 is 25.2 Å². The average molecular weight is 1040 g/mol. The number of nitrogens with zero attached hydrogens (tertiary/aromatic N) is 4. The van der Waals surface area contributed by atoms with Crippen LogP contribution in [0.5, 0.6) is 0 Å². The molecular weight excluding hydrogens is 973 g/mol. The second-order valence-corrected chi connectivity index (χ2v) is 23.1. The van der Waals surface area contributed by atoms with Gasteiger partial charge >= 0.3 is 5.97 Å². The topological polar surface area (TPSA) is 105 Å². The molecule has 1 saturated heterocycles. The first-order valence-corrected chi connectivity index (χ1v) is 28.7. The first kappa shape index (κ1) is 51.3. The third kappa shape index (κ3) is 10.7. The van der Waals surface area contributed by atoms with E-state index in [1.54, 1.807) is 9.47 Å². The Labute approximate surface area is 439 Å². The number of fused-ring (bicyclic) bond motifs is 3. The quantitative estimate of drug-likeness (QED) is 0.0632. The van der Waals surface area contributed by atoms with Gasteiger partial charge in [0.1, 0.15) is 29.6 Å². The van der Waals surface area contributed by atoms with Gasteiger partial charge in [0.2, 0.25) is 0 Å². The Bertz CT molecular complexity index is 3300. The molecule has 1 N–H and O–H groups in total. The van der Waals surface area contributed by atoms with E-state index in [1.165, 1.54) is 33.2 Å². The summed E-state index contributed by atoms with van der Waals surface area (Å²) in [6.45, 7) is 8.92. The van der Waals surface area contributed by atoms with Crippen molar-refractivity contribution in [2.45, 2.75) is 123 Å². The SMILES string of the molecule is CCCCC(CC)CN1C(=O)/C(=c2\s/c(=c3\s/c(=C/c4ccc5c(c4)C4CCCC4N5c4ccc(C=C(c5ccccc5)c5ccccc5)cc4)c(=O)n3CC(=O)O)c(=O)n2CC(CC)CCCC)SC1=S. The Hall–Kier alpha value is -5.60. The molecule has 1 aliphatic carbocycles. The third-order valence-corrected chi connectivity index (χ3v) is 18.8. The van der Waals surface area contributed by atoms with E-state index in [-0.39, 0.29) is 26.6 Å². The maximum atomic E-state index is 14.9. The Morgan fingerprint density at radius 2 is 1.39 bits per heavy atom. The molecule has 0 radical (unpaired) electrons. The van der Waals surface area contributed by atoms with Crippen molar-refractivity contribution in [3.05, 3.63) is 170 Å². The van der Waals surface area contributed by atoms with Crippen LogP contribution in [0.3, 0.4) is 0 Å². The van der Waals surface area contributed by atoms with Gasteiger partial charge in [-0.15, -0.1) is 22.7 Å². The number of benzene rings is 4. The van der Waals surface area contributed by atoms with Gasteiger partial charge in [-0.3, -0.25) is 33.2 Å². The van der Waals surface area contributed by atoms with Gasteiger partial charge in [-0.1, -0.05) is 175 Å². The number of anilines is 2. The van der Waals surface area contributed by atoms with E-state index in [9.17, 15) is 24.3 Å². The summed E-state index contributed by atoms with van der Waals surface area (Å²) in [6, 6.07) is 36.5. The van der Waals surface area contributed by atoms with Crippen molar-refractivity contribution in [2.75, 3.05) is 11.4 Å². The zero-order chi connectivity index (χ0) is 50.5. The Morgan fingerprint density at radius 1 is 0.750 bits per heavy atom. The highest BCUT2D eigenvalue weighted by molar-refractivity contribution is 8.30. The summed E-state index contributed by atoms with van der Waals surface area (Å²) < 4.78 is 4.83. The second kappa shape index (κ2) is 23.1. The van der Waals surface area contributed by atoms with Gasteiger partial charge in [-0.2, -0.15) is 0 Å². The van der Waals surface area contributed by atoms with E-state index in [0.717, 1.165) is 121 Å². The van der Waals surface area contributed by atoms with Crippen LogP contribution >= 0.6 is 46.7 Å². The van der Waals surface area contributed by atoms with Crippen LogP contribution in [0.25, 0.3) is 22.6 Å². The molecule has 4 heterocycles. The van der Waals surface area contributed by atoms with Gasteiger partial charge in [-0.25, -0.2) is 0 Å². The van der Waals surface area contributed by atoms with E-state index < -0.39 is 18.1 Å². The molecule has 4 aromatic carbocycles. The Morgan fingerprint density at radius 3 is 2.01 bits per heavy atom. The van der Waals surface area contributed by atoms with Crippen LogP contribution in [0.15, 0.2) is 113 Å². The highest BCUT2D eigenvalue weighted by Crippen LogP contribution is 2.52. The first-order valence-electron chi connectivity index (χ1n) is 25.8. The summed E-state index contributed by atoms with van der Waals surface area (Å²) in [4.78, 5) is 60.8. The van der Waals surface area contributed by atoms with Crippen LogP contribution in [0.2, 0.25) is 0 Å². The number of carboxylic acid groups (broad SMARTS) is 1. The number of hydrogen-bond donors (Lipinski definition) is 1. The van der Waals surface area contributed by atoms with Crippen molar-refractivity contribution in [3.63, 3.8) is 0 Å². The molecule has 374 valence electrons. The standard InChI is InChI=1S/C59H64N4O5S4/c1-5-9-18-38(7-3)35-60-55(67)52(71-58(60)53-56(68)62(59(69)72-53)36-39(8-4)19-10-6-2)57-61(37-51(64)65)54(66)50(70-57)34-41-28-31-49-47(33-41)45-24-17-25-48(45)63(49)44-29-26-40(27-30-44)32-46(42-20-13-11-14-21-42)43-22-15-12-16-23-43/h11-16,20-23,26-34,38-39,45,48H,5-10,17-19,24-25,35-37H2,1-4H3,(H,64,65)/b50-34+,57-52-,58-53+. The smallest absolute Gasteiger partial charge is 0.323 e. The summed E-state index contributed by atoms with van der Waals surface area (Å²) in [5.41, 5.74) is 8.20. The largest absolute Gasteiger partial charge is 0.480 e. The number of hydrogen-bond acceptors (Lipinski definition) is 9. The fraction of sp³-hybridized carbons (Fsp3) is 0.373. The molecule has 1 saturated carbocycles. The number of thioether (sulfide) groups is 1. The predicted octanol–water partition coefficient (Wildman–Crippen LogP) is 12.1. The average Bonchev–Trinajstić information content (AvgIpc) is 4.20. The number of unbranched alkanes of at least 4 members (excludes halogenated alkanes) is 2. The molecule has 2 fully saturated rings. The molecule has 6 aromatic rings. The lowest BCUT2D eigenvalue weighted by Crippen LogP contribution is -2.35. The molecule has 9 rings (SSSR count). The van der Waals surface area contributed by atoms with Crippen molar-refractivity contribution in [1.29, 1.82) is 0 Å². The molecule has 1 amide bonds. The van der Waals surface area contributed by atoms with Crippen LogP contribution in [-0.4, -0.2) is 47.9 Å². The Balaban J connectivity index is 1.11. The monoisotopic (exact) mass is 1040 g/mol. The van der Waals surface area contributed by atoms with Gasteiger partial charge in [0, 0.05) is 36.4 Å². The van der Waals surface area contributed by atoms with Crippen molar-refractivity contribution >= 4 is 96.9 Å². The van der Waals surface area contributed by atoms with Crippen LogP contribution in [0.4, 0.5) is 11.4 Å². The predicted molar refractivity (Wildman–Crippen MR) is 302 cm³/mol. The summed E-state index contributed by atoms with van der Waals surface area (Å²) in [6.07, 6.45) is 15.3. The lowest BCUT2D eigenvalue weighted by molar-refractivity contribution is -0.137. The van der Waals surface area contributed by atoms with Gasteiger partial charge in [0.15, 0.2) is 0 Å². The van der Waals surface area contributed by atoms with Gasteiger partial charge in [-0.05, 0) is 107 Å². The number of aromatic nitrogens is 2. The summed E-state index contributed by atoms with van der Waals surface area (Å²) in [5.74, 6) is -0.561. The van der Waals surface area contributed by atoms with E-state index in [2.05, 4.69) is 124 Å². The number of carbonyl (C=O) groups is 2. The number of carboxylic acids is 1. The van der Waals surface area contributed by atoms with Gasteiger partial charge in [0.05, 0.1) is 4.53 Å². The van der Waals surface area contributed by atoms with Crippen LogP contribution in [0.1, 0.15) is 132 Å². The normalized spacial score (nSPS) is 18.7. The first-order chi connectivity index (χ1) is 35.0. The van der Waals surface area contributed by atoms with Gasteiger partial charge in [0.25, 0.3) is 17.0 Å². The minimum Gasteiger partial charge on any atom is -0.480 e. The molecule has 72 heavy (non-hydrogen) atoms. The number of rotatable bonds is 19. The number of aliphatic carboxylic acids is 1. The Kier molecular flexibility index (Phi) is 16.4. The zero-order valence-corrected chi connectivity index (χ0v) is 44.9. The lowest BCUT2D eigenvalue weighted by Gasteiger charge is -2.27. The summed E-state index contributed by atoms with van der Waals surface area (Å²) in [7, 11) is 0. The zero-order valence-electron chi connectivity index (χ0n) is 41.7. The van der Waals surface area contributed by atoms with E-state index >= 15 is 0 Å². The molecule has 4 atom stereocenters. The number of thiocarbonyl (C=S) groups is 1. The molecule has 0 spiro atoms. The maximum absolute atomic E-state index is 14.9. The van der Waals surface area contributed by atoms with E-state index in [1.807, 2.05) is 24.3 Å². The van der Waals surface area contributed by atoms with Crippen LogP contribution in [-0.2, 0) is 22.7 Å². The molecule has 0 bridgehead atoms. The van der Waals surface area contributed by atoms with Crippen molar-refractivity contribution < 1.29 is 14.7 Å². The number of amides is 1. The van der Waals surface area contributed by atoms with E-state index in [0.29, 0.717) is 49.4 Å². The fourth-order valence-electron chi connectivity index (χ4n) is 10.8. The molecule has 2 aliphatic heterocycles. The van der Waals surface area contributed by atoms with Gasteiger partial charge < -0.3 is 10.0 Å². The van der Waals surface area contributed by atoms with E-state index in [4.69, 9.17) is 12.2 Å². The number of thiazole rings is 2. The summed E-state index contributed by atoms with van der Waals surface area (Å²) in [5, 5.41) is 10.2. The van der Waals surface area contributed by atoms with Crippen molar-refractivity contribution in [1.82, 2.24) is 14.0 Å². The number of carbonyl (C=O) groups excluding carboxylic acids is 1. The highest BCUT2D eigenvalue weighted by atomic mass is 32.2. The molecular formula is C59H64N4O5S4. The van der Waals surface area contributed by atoms with Crippen molar-refractivity contribution in [3.8, 4) is 0 Å². The minimum absolute atomic E-state index is 0.186. The fourth-order valence-corrected chi connectivity index (χ4v) is 14.6.